The maximum absolute atomic E-state index is 10.3. The van der Waals surface area contributed by atoms with Crippen LogP contribution in [0.4, 0.5) is 0 Å². The fourth-order valence-corrected chi connectivity index (χ4v) is 2.93. The topological polar surface area (TPSA) is 20.2 Å². The zero-order valence-corrected chi connectivity index (χ0v) is 10.6. The highest BCUT2D eigenvalue weighted by Crippen LogP contribution is 2.30. The Kier molecular flexibility index (Phi) is 3.13. The molecule has 0 radical (unpaired) electrons. The Hall–Kier alpha value is -1.12. The molecule has 0 bridgehead atoms. The molecule has 0 spiro atoms. The minimum absolute atomic E-state index is 0.486. The second-order valence-corrected chi connectivity index (χ2v) is 5.21. The van der Waals surface area contributed by atoms with E-state index in [1.165, 1.54) is 16.7 Å². The van der Waals surface area contributed by atoms with E-state index in [0.29, 0.717) is 0 Å². The van der Waals surface area contributed by atoms with Gasteiger partial charge in [0.2, 0.25) is 0 Å². The lowest BCUT2D eigenvalue weighted by molar-refractivity contribution is 0.222. The van der Waals surface area contributed by atoms with Gasteiger partial charge in [0, 0.05) is 4.88 Å². The molecule has 1 heterocycles. The maximum Gasteiger partial charge on any atom is 0.114 e. The Morgan fingerprint density at radius 2 is 1.75 bits per heavy atom. The summed E-state index contributed by atoms with van der Waals surface area (Å²) in [7, 11) is 0. The lowest BCUT2D eigenvalue weighted by Gasteiger charge is -2.16. The minimum atomic E-state index is -0.486. The van der Waals surface area contributed by atoms with Gasteiger partial charge >= 0.3 is 0 Å². The first-order chi connectivity index (χ1) is 7.59. The van der Waals surface area contributed by atoms with E-state index in [9.17, 15) is 5.11 Å². The molecule has 1 nitrogen and oxygen atoms in total. The van der Waals surface area contributed by atoms with E-state index in [0.717, 1.165) is 10.4 Å². The largest absolute Gasteiger partial charge is 0.383 e. The van der Waals surface area contributed by atoms with Crippen LogP contribution < -0.4 is 0 Å². The summed E-state index contributed by atoms with van der Waals surface area (Å²) in [5, 5.41) is 12.3. The van der Waals surface area contributed by atoms with E-state index in [1.807, 2.05) is 17.5 Å². The standard InChI is InChI=1S/C14H16OS/c1-9-7-10(2)13(11(3)8-9)14(15)12-5-4-6-16-12/h4-8,14-15H,1-3H3. The highest BCUT2D eigenvalue weighted by molar-refractivity contribution is 7.10. The van der Waals surface area contributed by atoms with Gasteiger partial charge in [-0.15, -0.1) is 11.3 Å². The Balaban J connectivity index is 2.48. The van der Waals surface area contributed by atoms with Crippen molar-refractivity contribution in [3.05, 3.63) is 56.8 Å². The van der Waals surface area contributed by atoms with Crippen molar-refractivity contribution in [3.8, 4) is 0 Å². The number of aliphatic hydroxyl groups excluding tert-OH is 1. The third-order valence-corrected chi connectivity index (χ3v) is 3.75. The summed E-state index contributed by atoms with van der Waals surface area (Å²) in [6.45, 7) is 6.21. The average molecular weight is 232 g/mol. The first-order valence-electron chi connectivity index (χ1n) is 5.39. The normalized spacial score (nSPS) is 12.8. The van der Waals surface area contributed by atoms with Gasteiger partial charge in [-0.05, 0) is 48.9 Å². The number of aryl methyl sites for hydroxylation is 3. The third-order valence-electron chi connectivity index (χ3n) is 2.82. The van der Waals surface area contributed by atoms with Gasteiger partial charge in [-0.1, -0.05) is 23.8 Å². The van der Waals surface area contributed by atoms with E-state index in [-0.39, 0.29) is 0 Å². The van der Waals surface area contributed by atoms with E-state index >= 15 is 0 Å². The van der Waals surface area contributed by atoms with Crippen molar-refractivity contribution < 1.29 is 5.11 Å². The minimum Gasteiger partial charge on any atom is -0.383 e. The van der Waals surface area contributed by atoms with Crippen LogP contribution in [-0.4, -0.2) is 5.11 Å². The summed E-state index contributed by atoms with van der Waals surface area (Å²) in [6, 6.07) is 8.20. The van der Waals surface area contributed by atoms with Gasteiger partial charge in [0.25, 0.3) is 0 Å². The van der Waals surface area contributed by atoms with Crippen LogP contribution in [0.25, 0.3) is 0 Å². The van der Waals surface area contributed by atoms with Gasteiger partial charge in [-0.3, -0.25) is 0 Å². The van der Waals surface area contributed by atoms with Gasteiger partial charge in [0.1, 0.15) is 6.10 Å². The second-order valence-electron chi connectivity index (χ2n) is 4.23. The summed E-state index contributed by atoms with van der Waals surface area (Å²) in [5.74, 6) is 0. The number of thiophene rings is 1. The monoisotopic (exact) mass is 232 g/mol. The highest BCUT2D eigenvalue weighted by atomic mass is 32.1. The van der Waals surface area contributed by atoms with E-state index in [4.69, 9.17) is 0 Å². The number of benzene rings is 1. The van der Waals surface area contributed by atoms with Crippen molar-refractivity contribution in [2.75, 3.05) is 0 Å². The van der Waals surface area contributed by atoms with Crippen LogP contribution in [0.3, 0.4) is 0 Å². The van der Waals surface area contributed by atoms with Crippen molar-refractivity contribution >= 4 is 11.3 Å². The van der Waals surface area contributed by atoms with Crippen LogP contribution in [0.5, 0.6) is 0 Å². The lowest BCUT2D eigenvalue weighted by Crippen LogP contribution is -2.03. The molecule has 0 aliphatic carbocycles. The summed E-state index contributed by atoms with van der Waals surface area (Å²) in [6.07, 6.45) is -0.486. The van der Waals surface area contributed by atoms with Gasteiger partial charge < -0.3 is 5.11 Å². The predicted octanol–water partition coefficient (Wildman–Crippen LogP) is 3.76. The molecular weight excluding hydrogens is 216 g/mol. The van der Waals surface area contributed by atoms with Crippen molar-refractivity contribution in [2.45, 2.75) is 26.9 Å². The second kappa shape index (κ2) is 4.40. The smallest absolute Gasteiger partial charge is 0.114 e. The molecule has 0 fully saturated rings. The van der Waals surface area contributed by atoms with Crippen molar-refractivity contribution in [2.24, 2.45) is 0 Å². The number of aliphatic hydroxyl groups is 1. The van der Waals surface area contributed by atoms with Crippen molar-refractivity contribution in [1.29, 1.82) is 0 Å². The molecule has 0 saturated carbocycles. The molecular formula is C14H16OS. The zero-order chi connectivity index (χ0) is 11.7. The Morgan fingerprint density at radius 1 is 1.12 bits per heavy atom. The SMILES string of the molecule is Cc1cc(C)c(C(O)c2cccs2)c(C)c1. The molecule has 0 aliphatic heterocycles. The molecule has 1 N–H and O–H groups in total. The molecule has 1 aromatic carbocycles. The number of hydrogen-bond acceptors (Lipinski definition) is 2. The first kappa shape index (κ1) is 11.4. The number of rotatable bonds is 2. The van der Waals surface area contributed by atoms with Crippen LogP contribution in [-0.2, 0) is 0 Å². The Bertz CT molecular complexity index is 462. The molecule has 2 rings (SSSR count). The van der Waals surface area contributed by atoms with Crippen molar-refractivity contribution in [1.82, 2.24) is 0 Å². The third kappa shape index (κ3) is 2.04. The van der Waals surface area contributed by atoms with Crippen LogP contribution in [0.15, 0.2) is 29.6 Å². The molecule has 1 unspecified atom stereocenters. The van der Waals surface area contributed by atoms with Crippen LogP contribution in [0.1, 0.15) is 33.2 Å². The molecule has 2 aromatic rings. The molecule has 16 heavy (non-hydrogen) atoms. The summed E-state index contributed by atoms with van der Waals surface area (Å²) in [4.78, 5) is 1.01. The van der Waals surface area contributed by atoms with Gasteiger partial charge in [-0.2, -0.15) is 0 Å². The first-order valence-corrected chi connectivity index (χ1v) is 6.27. The Morgan fingerprint density at radius 3 is 2.25 bits per heavy atom. The van der Waals surface area contributed by atoms with Gasteiger partial charge in [-0.25, -0.2) is 0 Å². The van der Waals surface area contributed by atoms with Gasteiger partial charge in [0.05, 0.1) is 0 Å². The van der Waals surface area contributed by atoms with Crippen LogP contribution >= 0.6 is 11.3 Å². The average Bonchev–Trinajstić information content (AvgIpc) is 2.67. The summed E-state index contributed by atoms with van der Waals surface area (Å²) >= 11 is 1.60. The Labute approximate surface area is 100 Å². The summed E-state index contributed by atoms with van der Waals surface area (Å²) < 4.78 is 0. The van der Waals surface area contributed by atoms with Crippen molar-refractivity contribution in [3.63, 3.8) is 0 Å². The molecule has 1 atom stereocenters. The molecule has 1 aromatic heterocycles. The number of hydrogen-bond donors (Lipinski definition) is 1. The fraction of sp³-hybridized carbons (Fsp3) is 0.286. The predicted molar refractivity (Wildman–Crippen MR) is 69.0 cm³/mol. The zero-order valence-electron chi connectivity index (χ0n) is 9.82. The molecule has 0 amide bonds. The van der Waals surface area contributed by atoms with Gasteiger partial charge in [0.15, 0.2) is 0 Å². The van der Waals surface area contributed by atoms with Crippen LogP contribution in [0, 0.1) is 20.8 Å². The molecule has 84 valence electrons. The quantitative estimate of drug-likeness (QED) is 0.836. The highest BCUT2D eigenvalue weighted by Gasteiger charge is 2.16. The maximum atomic E-state index is 10.3. The molecule has 2 heteroatoms. The van der Waals surface area contributed by atoms with Crippen LogP contribution in [0.2, 0.25) is 0 Å². The molecule has 0 saturated heterocycles. The summed E-state index contributed by atoms with van der Waals surface area (Å²) in [5.41, 5.74) is 4.63. The van der Waals surface area contributed by atoms with E-state index < -0.39 is 6.10 Å². The van der Waals surface area contributed by atoms with E-state index in [2.05, 4.69) is 32.9 Å². The van der Waals surface area contributed by atoms with E-state index in [1.54, 1.807) is 11.3 Å². The fourth-order valence-electron chi connectivity index (χ4n) is 2.21. The molecule has 0 aliphatic rings. The lowest BCUT2D eigenvalue weighted by atomic mass is 9.95.